The van der Waals surface area contributed by atoms with Gasteiger partial charge in [0.05, 0.1) is 17.1 Å². The van der Waals surface area contributed by atoms with Crippen molar-refractivity contribution in [1.29, 1.82) is 0 Å². The number of benzodiazepines with no additional fused rings is 1. The lowest BCUT2D eigenvalue weighted by atomic mass is 9.96. The van der Waals surface area contributed by atoms with E-state index in [1.807, 2.05) is 42.5 Å². The van der Waals surface area contributed by atoms with Crippen molar-refractivity contribution in [1.82, 2.24) is 10.3 Å². The van der Waals surface area contributed by atoms with Crippen LogP contribution in [0.4, 0.5) is 5.69 Å². The molecule has 2 aliphatic rings. The quantitative estimate of drug-likeness (QED) is 0.767. The number of anilines is 1. The molecular weight excluding hydrogens is 376 g/mol. The predicted octanol–water partition coefficient (Wildman–Crippen LogP) is 3.55. The number of aromatic nitrogens is 1. The van der Waals surface area contributed by atoms with Gasteiger partial charge in [0, 0.05) is 24.7 Å². The van der Waals surface area contributed by atoms with Crippen molar-refractivity contribution < 1.29 is 9.59 Å². The van der Waals surface area contributed by atoms with Gasteiger partial charge in [-0.3, -0.25) is 14.6 Å². The first-order valence-electron chi connectivity index (χ1n) is 10.7. The molecule has 30 heavy (non-hydrogen) atoms. The standard InChI is InChI=1S/C24H28N4O2/c1-3-8-17(15-16-12-13-16)23(29)27-22-24(30)28(2)20-11-5-4-9-18(20)21(26-22)19-10-6-7-14-25-19/h4-7,9-11,14,16-17,22H,3,8,12-13,15H2,1-2H3,(H,27,29). The number of rotatable bonds is 7. The SMILES string of the molecule is CCCC(CC1CC1)C(=O)NC1N=C(c2ccccn2)c2ccccc2N(C)C1=O. The molecule has 1 aliphatic heterocycles. The molecule has 0 saturated heterocycles. The van der Waals surface area contributed by atoms with Crippen LogP contribution in [0.3, 0.4) is 0 Å². The number of nitrogens with zero attached hydrogens (tertiary/aromatic N) is 3. The molecule has 1 fully saturated rings. The van der Waals surface area contributed by atoms with E-state index in [0.717, 1.165) is 30.5 Å². The summed E-state index contributed by atoms with van der Waals surface area (Å²) in [6, 6.07) is 13.2. The van der Waals surface area contributed by atoms with Gasteiger partial charge in [0.1, 0.15) is 0 Å². The van der Waals surface area contributed by atoms with Crippen LogP contribution in [0.2, 0.25) is 0 Å². The number of hydrogen-bond acceptors (Lipinski definition) is 4. The molecule has 2 atom stereocenters. The maximum absolute atomic E-state index is 13.2. The van der Waals surface area contributed by atoms with Crippen LogP contribution in [-0.4, -0.2) is 35.7 Å². The van der Waals surface area contributed by atoms with Crippen LogP contribution < -0.4 is 10.2 Å². The Balaban J connectivity index is 1.68. The molecule has 1 N–H and O–H groups in total. The minimum atomic E-state index is -0.967. The summed E-state index contributed by atoms with van der Waals surface area (Å²) in [4.78, 5) is 37.0. The lowest BCUT2D eigenvalue weighted by Crippen LogP contribution is -2.47. The molecule has 6 heteroatoms. The number of carbonyl (C=O) groups excluding carboxylic acids is 2. The Kier molecular flexibility index (Phi) is 5.93. The third kappa shape index (κ3) is 4.27. The number of aliphatic imine (C=N–C) groups is 1. The van der Waals surface area contributed by atoms with Gasteiger partial charge in [-0.2, -0.15) is 0 Å². The lowest BCUT2D eigenvalue weighted by Gasteiger charge is -2.23. The zero-order valence-electron chi connectivity index (χ0n) is 17.5. The number of carbonyl (C=O) groups is 2. The summed E-state index contributed by atoms with van der Waals surface area (Å²) >= 11 is 0. The Morgan fingerprint density at radius 3 is 2.67 bits per heavy atom. The number of likely N-dealkylation sites (N-methyl/N-ethyl adjacent to an activating group) is 1. The van der Waals surface area contributed by atoms with Gasteiger partial charge >= 0.3 is 0 Å². The van der Waals surface area contributed by atoms with Gasteiger partial charge in [0.2, 0.25) is 12.1 Å². The van der Waals surface area contributed by atoms with Gasteiger partial charge in [0.15, 0.2) is 0 Å². The van der Waals surface area contributed by atoms with Crippen molar-refractivity contribution >= 4 is 23.2 Å². The third-order valence-corrected chi connectivity index (χ3v) is 5.85. The fourth-order valence-electron chi connectivity index (χ4n) is 4.04. The maximum atomic E-state index is 13.2. The monoisotopic (exact) mass is 404 g/mol. The van der Waals surface area contributed by atoms with Gasteiger partial charge < -0.3 is 10.2 Å². The summed E-state index contributed by atoms with van der Waals surface area (Å²) in [5, 5.41) is 2.95. The van der Waals surface area contributed by atoms with Crippen molar-refractivity contribution in [3.8, 4) is 0 Å². The minimum Gasteiger partial charge on any atom is -0.326 e. The molecule has 4 rings (SSSR count). The van der Waals surface area contributed by atoms with Crippen molar-refractivity contribution in [2.45, 2.75) is 45.2 Å². The summed E-state index contributed by atoms with van der Waals surface area (Å²) in [6.45, 7) is 2.09. The van der Waals surface area contributed by atoms with Crippen LogP contribution in [0.5, 0.6) is 0 Å². The molecule has 1 aromatic heterocycles. The Morgan fingerprint density at radius 1 is 1.20 bits per heavy atom. The van der Waals surface area contributed by atoms with Crippen LogP contribution in [0, 0.1) is 11.8 Å². The number of benzene rings is 1. The average molecular weight is 405 g/mol. The predicted molar refractivity (Wildman–Crippen MR) is 117 cm³/mol. The first kappa shape index (κ1) is 20.3. The number of nitrogens with one attached hydrogen (secondary N) is 1. The third-order valence-electron chi connectivity index (χ3n) is 5.85. The van der Waals surface area contributed by atoms with E-state index >= 15 is 0 Å². The Morgan fingerprint density at radius 2 is 1.97 bits per heavy atom. The van der Waals surface area contributed by atoms with Crippen LogP contribution in [0.1, 0.15) is 50.3 Å². The van der Waals surface area contributed by atoms with E-state index in [4.69, 9.17) is 4.99 Å². The first-order chi connectivity index (χ1) is 14.6. The zero-order chi connectivity index (χ0) is 21.1. The molecule has 2 aromatic rings. The van der Waals surface area contributed by atoms with Crippen LogP contribution in [-0.2, 0) is 9.59 Å². The van der Waals surface area contributed by atoms with Crippen molar-refractivity contribution in [3.05, 3.63) is 59.9 Å². The highest BCUT2D eigenvalue weighted by molar-refractivity contribution is 6.19. The van der Waals surface area contributed by atoms with Crippen LogP contribution in [0.25, 0.3) is 0 Å². The van der Waals surface area contributed by atoms with E-state index in [1.54, 1.807) is 18.1 Å². The Labute approximate surface area is 177 Å². The van der Waals surface area contributed by atoms with Gasteiger partial charge in [-0.15, -0.1) is 0 Å². The average Bonchev–Trinajstić information content (AvgIpc) is 3.60. The summed E-state index contributed by atoms with van der Waals surface area (Å²) in [5.41, 5.74) is 2.87. The topological polar surface area (TPSA) is 74.7 Å². The van der Waals surface area contributed by atoms with E-state index in [2.05, 4.69) is 17.2 Å². The van der Waals surface area contributed by atoms with Gasteiger partial charge in [-0.05, 0) is 37.0 Å². The molecule has 6 nitrogen and oxygen atoms in total. The molecule has 2 heterocycles. The van der Waals surface area contributed by atoms with E-state index in [1.165, 1.54) is 12.8 Å². The molecule has 1 aliphatic carbocycles. The second-order valence-electron chi connectivity index (χ2n) is 8.18. The summed E-state index contributed by atoms with van der Waals surface area (Å²) in [5.74, 6) is 0.255. The molecule has 0 radical (unpaired) electrons. The molecule has 2 unspecified atom stereocenters. The lowest BCUT2D eigenvalue weighted by molar-refractivity contribution is -0.130. The molecule has 156 valence electrons. The van der Waals surface area contributed by atoms with E-state index in [0.29, 0.717) is 17.3 Å². The number of para-hydroxylation sites is 1. The molecule has 2 amide bonds. The van der Waals surface area contributed by atoms with E-state index < -0.39 is 6.17 Å². The summed E-state index contributed by atoms with van der Waals surface area (Å²) < 4.78 is 0. The van der Waals surface area contributed by atoms with E-state index in [9.17, 15) is 9.59 Å². The van der Waals surface area contributed by atoms with Gasteiger partial charge in [-0.1, -0.05) is 50.5 Å². The first-order valence-corrected chi connectivity index (χ1v) is 10.7. The summed E-state index contributed by atoms with van der Waals surface area (Å²) in [6.07, 6.45) is 5.81. The van der Waals surface area contributed by atoms with E-state index in [-0.39, 0.29) is 17.7 Å². The van der Waals surface area contributed by atoms with Gasteiger partial charge in [0.25, 0.3) is 5.91 Å². The second kappa shape index (κ2) is 8.78. The number of amides is 2. The van der Waals surface area contributed by atoms with Crippen LogP contribution in [0.15, 0.2) is 53.7 Å². The number of pyridine rings is 1. The minimum absolute atomic E-state index is 0.0697. The normalized spacial score (nSPS) is 19.5. The number of fused-ring (bicyclic) bond motifs is 1. The number of hydrogen-bond donors (Lipinski definition) is 1. The fraction of sp³-hybridized carbons (Fsp3) is 0.417. The van der Waals surface area contributed by atoms with Crippen molar-refractivity contribution in [3.63, 3.8) is 0 Å². The van der Waals surface area contributed by atoms with Gasteiger partial charge in [-0.25, -0.2) is 4.99 Å². The highest BCUT2D eigenvalue weighted by Crippen LogP contribution is 2.36. The molecule has 0 spiro atoms. The Hall–Kier alpha value is -3.02. The van der Waals surface area contributed by atoms with Crippen molar-refractivity contribution in [2.24, 2.45) is 16.8 Å². The van der Waals surface area contributed by atoms with Crippen LogP contribution >= 0.6 is 0 Å². The second-order valence-corrected chi connectivity index (χ2v) is 8.18. The largest absolute Gasteiger partial charge is 0.326 e. The molecule has 1 saturated carbocycles. The maximum Gasteiger partial charge on any atom is 0.272 e. The Bertz CT molecular complexity index is 953. The highest BCUT2D eigenvalue weighted by Gasteiger charge is 2.34. The smallest absolute Gasteiger partial charge is 0.272 e. The highest BCUT2D eigenvalue weighted by atomic mass is 16.2. The molecule has 0 bridgehead atoms. The molecular formula is C24H28N4O2. The molecule has 1 aromatic carbocycles. The summed E-state index contributed by atoms with van der Waals surface area (Å²) in [7, 11) is 1.73. The van der Waals surface area contributed by atoms with Crippen molar-refractivity contribution in [2.75, 3.05) is 11.9 Å². The fourth-order valence-corrected chi connectivity index (χ4v) is 4.04. The zero-order valence-corrected chi connectivity index (χ0v) is 17.5.